The number of carbonyl (C=O) groups excluding carboxylic acids is 1. The van der Waals surface area contributed by atoms with Crippen LogP contribution in [0.15, 0.2) is 16.8 Å². The summed E-state index contributed by atoms with van der Waals surface area (Å²) in [4.78, 5) is 14.5. The molecule has 7 nitrogen and oxygen atoms in total. The van der Waals surface area contributed by atoms with E-state index in [4.69, 9.17) is 9.26 Å². The van der Waals surface area contributed by atoms with Crippen molar-refractivity contribution in [3.63, 3.8) is 0 Å². The van der Waals surface area contributed by atoms with Crippen LogP contribution < -0.4 is 0 Å². The minimum absolute atomic E-state index is 0.0125. The first kappa shape index (κ1) is 15.4. The number of likely N-dealkylation sites (tertiary alicyclic amines) is 1. The molecule has 0 bridgehead atoms. The van der Waals surface area contributed by atoms with Crippen LogP contribution in [0, 0.1) is 6.92 Å². The number of piperidine rings is 1. The summed E-state index contributed by atoms with van der Waals surface area (Å²) >= 11 is 0. The molecule has 0 atom stereocenters. The van der Waals surface area contributed by atoms with Crippen molar-refractivity contribution in [1.82, 2.24) is 19.8 Å². The molecule has 2 aromatic rings. The SMILES string of the molecule is Cc1c(-c2cc(C(=O)N3CCC4(CCCO4)CC3)no2)cnn1C. The van der Waals surface area contributed by atoms with Gasteiger partial charge >= 0.3 is 0 Å². The van der Waals surface area contributed by atoms with Gasteiger partial charge in [-0.3, -0.25) is 9.48 Å². The molecule has 2 saturated heterocycles. The van der Waals surface area contributed by atoms with Crippen LogP contribution in [-0.4, -0.2) is 51.0 Å². The molecule has 2 fully saturated rings. The lowest BCUT2D eigenvalue weighted by atomic mass is 9.88. The van der Waals surface area contributed by atoms with Gasteiger partial charge in [-0.15, -0.1) is 0 Å². The zero-order valence-electron chi connectivity index (χ0n) is 14.1. The third-order valence-corrected chi connectivity index (χ3v) is 5.38. The molecule has 4 rings (SSSR count). The lowest BCUT2D eigenvalue weighted by Gasteiger charge is -2.38. The largest absolute Gasteiger partial charge is 0.375 e. The summed E-state index contributed by atoms with van der Waals surface area (Å²) in [5.41, 5.74) is 2.21. The van der Waals surface area contributed by atoms with Crippen molar-refractivity contribution < 1.29 is 14.1 Å². The molecule has 2 aliphatic rings. The third-order valence-electron chi connectivity index (χ3n) is 5.38. The first-order valence-corrected chi connectivity index (χ1v) is 8.47. The first-order valence-electron chi connectivity index (χ1n) is 8.47. The zero-order valence-corrected chi connectivity index (χ0v) is 14.1. The number of ether oxygens (including phenoxy) is 1. The molecule has 0 aliphatic carbocycles. The van der Waals surface area contributed by atoms with Crippen molar-refractivity contribution in [3.8, 4) is 11.3 Å². The summed E-state index contributed by atoms with van der Waals surface area (Å²) in [6, 6.07) is 1.71. The highest BCUT2D eigenvalue weighted by Crippen LogP contribution is 2.36. The van der Waals surface area contributed by atoms with E-state index in [-0.39, 0.29) is 11.5 Å². The Bertz CT molecular complexity index is 748. The predicted octanol–water partition coefficient (Wildman–Crippen LogP) is 2.17. The van der Waals surface area contributed by atoms with Gasteiger partial charge in [-0.05, 0) is 32.6 Å². The van der Waals surface area contributed by atoms with E-state index in [9.17, 15) is 4.79 Å². The van der Waals surface area contributed by atoms with E-state index in [0.717, 1.165) is 43.5 Å². The van der Waals surface area contributed by atoms with Crippen molar-refractivity contribution in [2.75, 3.05) is 19.7 Å². The highest BCUT2D eigenvalue weighted by molar-refractivity contribution is 5.93. The van der Waals surface area contributed by atoms with E-state index in [0.29, 0.717) is 24.5 Å². The normalized spacial score (nSPS) is 20.0. The summed E-state index contributed by atoms with van der Waals surface area (Å²) in [7, 11) is 1.87. The highest BCUT2D eigenvalue weighted by atomic mass is 16.5. The van der Waals surface area contributed by atoms with Crippen LogP contribution in [-0.2, 0) is 11.8 Å². The Labute approximate surface area is 140 Å². The molecule has 1 spiro atoms. The fourth-order valence-electron chi connectivity index (χ4n) is 3.67. The third kappa shape index (κ3) is 2.53. The maximum Gasteiger partial charge on any atom is 0.276 e. The van der Waals surface area contributed by atoms with Gasteiger partial charge < -0.3 is 14.2 Å². The Balaban J connectivity index is 1.47. The second kappa shape index (κ2) is 5.73. The minimum Gasteiger partial charge on any atom is -0.375 e. The van der Waals surface area contributed by atoms with E-state index in [1.165, 1.54) is 0 Å². The molecule has 128 valence electrons. The lowest BCUT2D eigenvalue weighted by Crippen LogP contribution is -2.46. The lowest BCUT2D eigenvalue weighted by molar-refractivity contribution is -0.0388. The van der Waals surface area contributed by atoms with E-state index < -0.39 is 0 Å². The molecule has 0 saturated carbocycles. The van der Waals surface area contributed by atoms with E-state index in [1.807, 2.05) is 18.9 Å². The summed E-state index contributed by atoms with van der Waals surface area (Å²) < 4.78 is 13.1. The number of aromatic nitrogens is 3. The smallest absolute Gasteiger partial charge is 0.276 e. The summed E-state index contributed by atoms with van der Waals surface area (Å²) in [6.07, 6.45) is 5.79. The van der Waals surface area contributed by atoms with Crippen LogP contribution in [0.2, 0.25) is 0 Å². The summed E-state index contributed by atoms with van der Waals surface area (Å²) in [5.74, 6) is 0.510. The molecule has 0 N–H and O–H groups in total. The van der Waals surface area contributed by atoms with Gasteiger partial charge in [0.05, 0.1) is 17.4 Å². The van der Waals surface area contributed by atoms with Crippen LogP contribution in [0.5, 0.6) is 0 Å². The highest BCUT2D eigenvalue weighted by Gasteiger charge is 2.39. The Hall–Kier alpha value is -2.15. The minimum atomic E-state index is -0.0700. The molecule has 1 amide bonds. The number of hydrogen-bond donors (Lipinski definition) is 0. The number of carbonyl (C=O) groups is 1. The first-order chi connectivity index (χ1) is 11.6. The van der Waals surface area contributed by atoms with E-state index in [2.05, 4.69) is 10.3 Å². The molecule has 4 heterocycles. The van der Waals surface area contributed by atoms with Crippen LogP contribution in [0.3, 0.4) is 0 Å². The maximum absolute atomic E-state index is 12.7. The van der Waals surface area contributed by atoms with Crippen LogP contribution in [0.1, 0.15) is 41.9 Å². The van der Waals surface area contributed by atoms with Gasteiger partial charge in [0, 0.05) is 38.5 Å². The molecule has 0 radical (unpaired) electrons. The van der Waals surface area contributed by atoms with Gasteiger partial charge in [0.2, 0.25) is 0 Å². The van der Waals surface area contributed by atoms with Gasteiger partial charge in [-0.1, -0.05) is 5.16 Å². The summed E-state index contributed by atoms with van der Waals surface area (Å²) in [5, 5.41) is 8.17. The number of hydrogen-bond acceptors (Lipinski definition) is 5. The standard InChI is InChI=1S/C17H22N4O3/c1-12-13(11-18-20(12)2)15-10-14(19-24-15)16(22)21-7-5-17(6-8-21)4-3-9-23-17/h10-11H,3-9H2,1-2H3. The topological polar surface area (TPSA) is 73.4 Å². The van der Waals surface area contributed by atoms with Crippen LogP contribution >= 0.6 is 0 Å². The van der Waals surface area contributed by atoms with Crippen molar-refractivity contribution in [2.24, 2.45) is 7.05 Å². The molecule has 24 heavy (non-hydrogen) atoms. The Morgan fingerprint density at radius 1 is 1.29 bits per heavy atom. The Kier molecular flexibility index (Phi) is 3.68. The van der Waals surface area contributed by atoms with Gasteiger partial charge in [-0.2, -0.15) is 5.10 Å². The van der Waals surface area contributed by atoms with Crippen molar-refractivity contribution in [2.45, 2.75) is 38.2 Å². The van der Waals surface area contributed by atoms with Gasteiger partial charge in [-0.25, -0.2) is 0 Å². The van der Waals surface area contributed by atoms with Crippen LogP contribution in [0.25, 0.3) is 11.3 Å². The van der Waals surface area contributed by atoms with E-state index in [1.54, 1.807) is 16.9 Å². The number of amides is 1. The summed E-state index contributed by atoms with van der Waals surface area (Å²) in [6.45, 7) is 4.24. The fraction of sp³-hybridized carbons (Fsp3) is 0.588. The van der Waals surface area contributed by atoms with E-state index >= 15 is 0 Å². The fourth-order valence-corrected chi connectivity index (χ4v) is 3.67. The molecule has 0 unspecified atom stereocenters. The number of aryl methyl sites for hydroxylation is 1. The van der Waals surface area contributed by atoms with Crippen molar-refractivity contribution in [1.29, 1.82) is 0 Å². The molecule has 0 aromatic carbocycles. The van der Waals surface area contributed by atoms with Gasteiger partial charge in [0.1, 0.15) is 0 Å². The van der Waals surface area contributed by atoms with Gasteiger partial charge in [0.15, 0.2) is 11.5 Å². The second-order valence-corrected chi connectivity index (χ2v) is 6.77. The van der Waals surface area contributed by atoms with Crippen molar-refractivity contribution >= 4 is 5.91 Å². The predicted molar refractivity (Wildman–Crippen MR) is 86.5 cm³/mol. The maximum atomic E-state index is 12.7. The van der Waals surface area contributed by atoms with Gasteiger partial charge in [0.25, 0.3) is 5.91 Å². The average molecular weight is 330 g/mol. The number of nitrogens with zero attached hydrogens (tertiary/aromatic N) is 4. The quantitative estimate of drug-likeness (QED) is 0.844. The van der Waals surface area contributed by atoms with Crippen molar-refractivity contribution in [3.05, 3.63) is 23.7 Å². The molecular weight excluding hydrogens is 308 g/mol. The van der Waals surface area contributed by atoms with Crippen LogP contribution in [0.4, 0.5) is 0 Å². The molecule has 2 aliphatic heterocycles. The molecule has 2 aromatic heterocycles. The number of rotatable bonds is 2. The monoisotopic (exact) mass is 330 g/mol. The average Bonchev–Trinajstić information content (AvgIpc) is 3.31. The Morgan fingerprint density at radius 2 is 2.08 bits per heavy atom. The molecule has 7 heteroatoms. The zero-order chi connectivity index (χ0) is 16.7. The molecular formula is C17H22N4O3. The Morgan fingerprint density at radius 3 is 2.71 bits per heavy atom. The second-order valence-electron chi connectivity index (χ2n) is 6.77.